The summed E-state index contributed by atoms with van der Waals surface area (Å²) in [5.74, 6) is 0.188. The van der Waals surface area contributed by atoms with Crippen molar-refractivity contribution in [3.63, 3.8) is 0 Å². The minimum absolute atomic E-state index is 0.00560. The molecule has 1 saturated heterocycles. The van der Waals surface area contributed by atoms with Crippen molar-refractivity contribution in [3.8, 4) is 12.1 Å². The molecule has 1 aliphatic rings. The van der Waals surface area contributed by atoms with E-state index in [2.05, 4.69) is 4.98 Å². The number of hydrogen-bond acceptors (Lipinski definition) is 7. The highest BCUT2D eigenvalue weighted by Crippen LogP contribution is 2.24. The van der Waals surface area contributed by atoms with E-state index in [4.69, 9.17) is 21.0 Å². The third-order valence-corrected chi connectivity index (χ3v) is 4.34. The number of ether oxygens (including phenoxy) is 1. The van der Waals surface area contributed by atoms with Crippen LogP contribution in [-0.4, -0.2) is 46.8 Å². The van der Waals surface area contributed by atoms with Crippen molar-refractivity contribution < 1.29 is 9.53 Å². The van der Waals surface area contributed by atoms with Gasteiger partial charge in [-0.15, -0.1) is 0 Å². The topological polar surface area (TPSA) is 116 Å². The number of anilines is 1. The molecule has 7 nitrogen and oxygen atoms in total. The zero-order valence-electron chi connectivity index (χ0n) is 12.9. The summed E-state index contributed by atoms with van der Waals surface area (Å²) >= 11 is 1.15. The van der Waals surface area contributed by atoms with Gasteiger partial charge in [-0.2, -0.15) is 10.5 Å². The molecule has 0 radical (unpaired) electrons. The average Bonchev–Trinajstić information content (AvgIpc) is 2.51. The van der Waals surface area contributed by atoms with Crippen LogP contribution in [0.3, 0.4) is 0 Å². The highest BCUT2D eigenvalue weighted by molar-refractivity contribution is 8.00. The molecule has 1 amide bonds. The number of nitriles is 2. The number of nitrogens with zero attached hydrogens (tertiary/aromatic N) is 4. The van der Waals surface area contributed by atoms with Crippen molar-refractivity contribution >= 4 is 23.5 Å². The van der Waals surface area contributed by atoms with E-state index < -0.39 is 0 Å². The first kappa shape index (κ1) is 17.1. The molecule has 2 heterocycles. The number of carbonyl (C=O) groups is 1. The number of thioether (sulfide) groups is 1. The van der Waals surface area contributed by atoms with Gasteiger partial charge in [-0.1, -0.05) is 11.8 Å². The van der Waals surface area contributed by atoms with Crippen LogP contribution in [0.2, 0.25) is 0 Å². The van der Waals surface area contributed by atoms with Crippen LogP contribution in [0.15, 0.2) is 11.1 Å². The Morgan fingerprint density at radius 2 is 2.00 bits per heavy atom. The second kappa shape index (κ2) is 7.32. The summed E-state index contributed by atoms with van der Waals surface area (Å²) in [7, 11) is 0. The smallest absolute Gasteiger partial charge is 0.233 e. The van der Waals surface area contributed by atoms with Crippen molar-refractivity contribution in [2.24, 2.45) is 0 Å². The predicted molar refractivity (Wildman–Crippen MR) is 85.4 cm³/mol. The maximum atomic E-state index is 12.3. The van der Waals surface area contributed by atoms with Crippen LogP contribution in [0.5, 0.6) is 0 Å². The summed E-state index contributed by atoms with van der Waals surface area (Å²) in [4.78, 5) is 18.1. The number of nitrogens with two attached hydrogens (primary N) is 1. The summed E-state index contributed by atoms with van der Waals surface area (Å²) in [5.41, 5.74) is 6.08. The third kappa shape index (κ3) is 4.13. The van der Waals surface area contributed by atoms with Crippen LogP contribution >= 0.6 is 11.8 Å². The lowest BCUT2D eigenvalue weighted by Gasteiger charge is -2.35. The molecule has 1 aromatic rings. The van der Waals surface area contributed by atoms with Crippen LogP contribution in [0, 0.1) is 22.7 Å². The normalized spacial score (nSPS) is 20.6. The molecule has 0 aromatic carbocycles. The zero-order chi connectivity index (χ0) is 17.0. The molecule has 1 aromatic heterocycles. The number of morpholine rings is 1. The van der Waals surface area contributed by atoms with E-state index >= 15 is 0 Å². The fourth-order valence-corrected chi connectivity index (χ4v) is 3.26. The maximum Gasteiger partial charge on any atom is 0.233 e. The largest absolute Gasteiger partial charge is 0.383 e. The first-order valence-corrected chi connectivity index (χ1v) is 8.10. The number of amides is 1. The lowest BCUT2D eigenvalue weighted by Crippen LogP contribution is -2.48. The first-order chi connectivity index (χ1) is 10.9. The van der Waals surface area contributed by atoms with Gasteiger partial charge in [0, 0.05) is 13.1 Å². The minimum atomic E-state index is -0.0365. The van der Waals surface area contributed by atoms with Gasteiger partial charge >= 0.3 is 0 Å². The highest BCUT2D eigenvalue weighted by atomic mass is 32.2. The lowest BCUT2D eigenvalue weighted by atomic mass is 10.2. The maximum absolute atomic E-state index is 12.3. The molecule has 0 aliphatic carbocycles. The van der Waals surface area contributed by atoms with Gasteiger partial charge in [0.15, 0.2) is 0 Å². The van der Waals surface area contributed by atoms with Crippen LogP contribution < -0.4 is 5.73 Å². The molecule has 8 heteroatoms. The van der Waals surface area contributed by atoms with E-state index in [9.17, 15) is 4.79 Å². The van der Waals surface area contributed by atoms with Crippen LogP contribution in [0.4, 0.5) is 5.82 Å². The number of aromatic nitrogens is 1. The molecular weight excluding hydrogens is 314 g/mol. The first-order valence-electron chi connectivity index (χ1n) is 7.11. The van der Waals surface area contributed by atoms with E-state index in [1.165, 1.54) is 6.07 Å². The zero-order valence-corrected chi connectivity index (χ0v) is 13.8. The number of nitrogen functional groups attached to an aromatic ring is 1. The molecule has 23 heavy (non-hydrogen) atoms. The van der Waals surface area contributed by atoms with Crippen LogP contribution in [-0.2, 0) is 9.53 Å². The number of rotatable bonds is 3. The van der Waals surface area contributed by atoms with E-state index in [1.807, 2.05) is 26.0 Å². The van der Waals surface area contributed by atoms with Gasteiger partial charge in [-0.3, -0.25) is 4.79 Å². The van der Waals surface area contributed by atoms with E-state index in [0.29, 0.717) is 18.1 Å². The van der Waals surface area contributed by atoms with Gasteiger partial charge in [-0.25, -0.2) is 4.98 Å². The molecule has 0 saturated carbocycles. The minimum Gasteiger partial charge on any atom is -0.383 e. The third-order valence-electron chi connectivity index (χ3n) is 3.36. The van der Waals surface area contributed by atoms with Gasteiger partial charge in [0.1, 0.15) is 23.0 Å². The van der Waals surface area contributed by atoms with Gasteiger partial charge in [-0.05, 0) is 19.9 Å². The fraction of sp³-hybridized carbons (Fsp3) is 0.467. The summed E-state index contributed by atoms with van der Waals surface area (Å²) < 4.78 is 5.60. The van der Waals surface area contributed by atoms with Crippen molar-refractivity contribution in [3.05, 3.63) is 17.2 Å². The summed E-state index contributed by atoms with van der Waals surface area (Å²) in [5, 5.41) is 18.4. The van der Waals surface area contributed by atoms with E-state index in [0.717, 1.165) is 11.8 Å². The number of hydrogen-bond donors (Lipinski definition) is 1. The molecule has 2 rings (SSSR count). The quantitative estimate of drug-likeness (QED) is 0.825. The Morgan fingerprint density at radius 1 is 1.39 bits per heavy atom. The molecule has 0 unspecified atom stereocenters. The van der Waals surface area contributed by atoms with E-state index in [-0.39, 0.29) is 40.8 Å². The van der Waals surface area contributed by atoms with Crippen molar-refractivity contribution in [2.45, 2.75) is 31.1 Å². The Bertz CT molecular complexity index is 684. The monoisotopic (exact) mass is 331 g/mol. The van der Waals surface area contributed by atoms with Crippen LogP contribution in [0.25, 0.3) is 0 Å². The average molecular weight is 331 g/mol. The SMILES string of the molecule is C[C@@H]1CN(C(=O)CSc2nc(N)c(C#N)cc2C#N)C[C@@H](C)O1. The molecule has 2 N–H and O–H groups in total. The summed E-state index contributed by atoms with van der Waals surface area (Å²) in [6, 6.07) is 5.26. The fourth-order valence-electron chi connectivity index (χ4n) is 2.39. The predicted octanol–water partition coefficient (Wildman–Crippen LogP) is 1.14. The highest BCUT2D eigenvalue weighted by Gasteiger charge is 2.26. The van der Waals surface area contributed by atoms with Crippen molar-refractivity contribution in [1.82, 2.24) is 9.88 Å². The molecule has 2 atom stereocenters. The molecule has 0 bridgehead atoms. The lowest BCUT2D eigenvalue weighted by molar-refractivity contribution is -0.140. The van der Waals surface area contributed by atoms with Gasteiger partial charge < -0.3 is 15.4 Å². The molecule has 1 fully saturated rings. The Morgan fingerprint density at radius 3 is 2.57 bits per heavy atom. The van der Waals surface area contributed by atoms with Crippen LogP contribution in [0.1, 0.15) is 25.0 Å². The second-order valence-corrected chi connectivity index (χ2v) is 6.31. The molecule has 1 aliphatic heterocycles. The standard InChI is InChI=1S/C15H17N5O2S/c1-9-6-20(7-10(2)22-9)13(21)8-23-15-12(5-17)3-11(4-16)14(18)19-15/h3,9-10H,6-8H2,1-2H3,(H2,18,19)/t9-,10-/m1/s1. The van der Waals surface area contributed by atoms with Crippen molar-refractivity contribution in [1.29, 1.82) is 10.5 Å². The van der Waals surface area contributed by atoms with E-state index in [1.54, 1.807) is 4.90 Å². The number of pyridine rings is 1. The Kier molecular flexibility index (Phi) is 5.43. The van der Waals surface area contributed by atoms with Crippen molar-refractivity contribution in [2.75, 3.05) is 24.6 Å². The summed E-state index contributed by atoms with van der Waals surface area (Å²) in [6.07, 6.45) is 0.0112. The van der Waals surface area contributed by atoms with Gasteiger partial charge in [0.05, 0.1) is 29.1 Å². The number of carbonyl (C=O) groups excluding carboxylic acids is 1. The van der Waals surface area contributed by atoms with Gasteiger partial charge in [0.2, 0.25) is 5.91 Å². The molecule has 120 valence electrons. The Hall–Kier alpha value is -2.29. The Balaban J connectivity index is 2.06. The molecular formula is C15H17N5O2S. The second-order valence-electron chi connectivity index (χ2n) is 5.34. The Labute approximate surface area is 139 Å². The summed E-state index contributed by atoms with van der Waals surface area (Å²) in [6.45, 7) is 4.97. The van der Waals surface area contributed by atoms with Gasteiger partial charge in [0.25, 0.3) is 0 Å². The molecule has 0 spiro atoms.